The standard InChI is InChI=1S/C21H30N4O.HI/c1-24(2)20(18-12-9-13-19(14-18)26-5)16-23-21(25(3)4)22-15-17-10-7-6-8-11-17;/h6-14,20H,15-16H2,1-5H3,(H,22,23);1H. The highest BCUT2D eigenvalue weighted by molar-refractivity contribution is 14.0. The second-order valence-corrected chi connectivity index (χ2v) is 6.66. The Morgan fingerprint density at radius 1 is 1.04 bits per heavy atom. The zero-order chi connectivity index (χ0) is 18.9. The highest BCUT2D eigenvalue weighted by Crippen LogP contribution is 2.22. The molecule has 0 saturated carbocycles. The molecule has 0 bridgehead atoms. The number of hydrogen-bond acceptors (Lipinski definition) is 3. The number of benzene rings is 2. The Morgan fingerprint density at radius 2 is 1.74 bits per heavy atom. The molecule has 1 atom stereocenters. The topological polar surface area (TPSA) is 40.1 Å². The van der Waals surface area contributed by atoms with E-state index >= 15 is 0 Å². The number of ether oxygens (including phenoxy) is 1. The number of halogens is 1. The number of methoxy groups -OCH3 is 1. The molecule has 0 spiro atoms. The molecule has 0 amide bonds. The summed E-state index contributed by atoms with van der Waals surface area (Å²) in [5.74, 6) is 1.75. The average Bonchev–Trinajstić information content (AvgIpc) is 2.64. The number of likely N-dealkylation sites (N-methyl/N-ethyl adjacent to an activating group) is 1. The fourth-order valence-electron chi connectivity index (χ4n) is 2.74. The quantitative estimate of drug-likeness (QED) is 0.372. The van der Waals surface area contributed by atoms with Gasteiger partial charge in [0.25, 0.3) is 0 Å². The SMILES string of the molecule is COc1cccc(C(CNC(=NCc2ccccc2)N(C)C)N(C)C)c1.I. The van der Waals surface area contributed by atoms with Crippen molar-refractivity contribution in [2.75, 3.05) is 41.8 Å². The molecule has 1 N–H and O–H groups in total. The maximum absolute atomic E-state index is 5.37. The van der Waals surface area contributed by atoms with Crippen molar-refractivity contribution in [3.8, 4) is 5.75 Å². The summed E-state index contributed by atoms with van der Waals surface area (Å²) in [7, 11) is 9.88. The first kappa shape index (κ1) is 23.2. The summed E-state index contributed by atoms with van der Waals surface area (Å²) < 4.78 is 5.37. The summed E-state index contributed by atoms with van der Waals surface area (Å²) in [4.78, 5) is 8.96. The molecule has 0 fully saturated rings. The van der Waals surface area contributed by atoms with Gasteiger partial charge in [0.05, 0.1) is 19.7 Å². The summed E-state index contributed by atoms with van der Waals surface area (Å²) >= 11 is 0. The fourth-order valence-corrected chi connectivity index (χ4v) is 2.74. The Kier molecular flexibility index (Phi) is 10.2. The van der Waals surface area contributed by atoms with Gasteiger partial charge in [0.2, 0.25) is 0 Å². The maximum atomic E-state index is 5.37. The van der Waals surface area contributed by atoms with E-state index < -0.39 is 0 Å². The van der Waals surface area contributed by atoms with Crippen molar-refractivity contribution in [3.63, 3.8) is 0 Å². The highest BCUT2D eigenvalue weighted by atomic mass is 127. The molecule has 2 aromatic rings. The van der Waals surface area contributed by atoms with Crippen molar-refractivity contribution in [3.05, 3.63) is 65.7 Å². The zero-order valence-electron chi connectivity index (χ0n) is 16.8. The minimum Gasteiger partial charge on any atom is -0.497 e. The van der Waals surface area contributed by atoms with Gasteiger partial charge in [-0.15, -0.1) is 24.0 Å². The second kappa shape index (κ2) is 11.8. The number of hydrogen-bond donors (Lipinski definition) is 1. The van der Waals surface area contributed by atoms with Crippen molar-refractivity contribution in [1.29, 1.82) is 0 Å². The summed E-state index contributed by atoms with van der Waals surface area (Å²) in [5.41, 5.74) is 2.41. The number of aliphatic imine (C=N–C) groups is 1. The Hall–Kier alpha value is -1.80. The molecule has 0 radical (unpaired) electrons. The van der Waals surface area contributed by atoms with E-state index in [2.05, 4.69) is 48.6 Å². The van der Waals surface area contributed by atoms with Gasteiger partial charge >= 0.3 is 0 Å². The van der Waals surface area contributed by atoms with Crippen LogP contribution in [-0.4, -0.2) is 57.6 Å². The minimum atomic E-state index is 0. The van der Waals surface area contributed by atoms with Crippen LogP contribution in [0.4, 0.5) is 0 Å². The van der Waals surface area contributed by atoms with E-state index in [4.69, 9.17) is 9.73 Å². The second-order valence-electron chi connectivity index (χ2n) is 6.66. The molecule has 0 aliphatic carbocycles. The third kappa shape index (κ3) is 7.38. The smallest absolute Gasteiger partial charge is 0.193 e. The maximum Gasteiger partial charge on any atom is 0.193 e. The average molecular weight is 482 g/mol. The predicted molar refractivity (Wildman–Crippen MR) is 124 cm³/mol. The summed E-state index contributed by atoms with van der Waals surface area (Å²) in [6.45, 7) is 1.42. The van der Waals surface area contributed by atoms with Crippen molar-refractivity contribution in [1.82, 2.24) is 15.1 Å². The molecule has 1 unspecified atom stereocenters. The van der Waals surface area contributed by atoms with Crippen molar-refractivity contribution >= 4 is 29.9 Å². The van der Waals surface area contributed by atoms with Crippen LogP contribution in [-0.2, 0) is 6.54 Å². The highest BCUT2D eigenvalue weighted by Gasteiger charge is 2.16. The lowest BCUT2D eigenvalue weighted by Gasteiger charge is -2.27. The Morgan fingerprint density at radius 3 is 2.33 bits per heavy atom. The first-order chi connectivity index (χ1) is 12.5. The van der Waals surface area contributed by atoms with E-state index in [1.54, 1.807) is 7.11 Å². The van der Waals surface area contributed by atoms with Gasteiger partial charge in [-0.05, 0) is 37.4 Å². The molecular weight excluding hydrogens is 451 g/mol. The van der Waals surface area contributed by atoms with E-state index in [0.29, 0.717) is 6.54 Å². The first-order valence-electron chi connectivity index (χ1n) is 8.81. The summed E-state index contributed by atoms with van der Waals surface area (Å²) in [5, 5.41) is 3.50. The number of guanidine groups is 1. The third-order valence-corrected chi connectivity index (χ3v) is 4.23. The van der Waals surface area contributed by atoms with E-state index in [0.717, 1.165) is 18.3 Å². The van der Waals surface area contributed by atoms with Gasteiger partial charge in [0.15, 0.2) is 5.96 Å². The fraction of sp³-hybridized carbons (Fsp3) is 0.381. The lowest BCUT2D eigenvalue weighted by molar-refractivity contribution is 0.295. The van der Waals surface area contributed by atoms with Crippen LogP contribution in [0.1, 0.15) is 17.2 Å². The largest absolute Gasteiger partial charge is 0.497 e. The third-order valence-electron chi connectivity index (χ3n) is 4.23. The van der Waals surface area contributed by atoms with Crippen molar-refractivity contribution in [2.24, 2.45) is 4.99 Å². The van der Waals surface area contributed by atoms with E-state index in [9.17, 15) is 0 Å². The van der Waals surface area contributed by atoms with Gasteiger partial charge in [-0.3, -0.25) is 0 Å². The van der Waals surface area contributed by atoms with Crippen LogP contribution in [0.5, 0.6) is 5.75 Å². The van der Waals surface area contributed by atoms with Crippen LogP contribution >= 0.6 is 24.0 Å². The number of nitrogens with one attached hydrogen (secondary N) is 1. The van der Waals surface area contributed by atoms with E-state index in [1.165, 1.54) is 11.1 Å². The lowest BCUT2D eigenvalue weighted by Crippen LogP contribution is -2.41. The molecule has 27 heavy (non-hydrogen) atoms. The molecule has 2 aromatic carbocycles. The normalized spacial score (nSPS) is 12.3. The van der Waals surface area contributed by atoms with Gasteiger partial charge in [0, 0.05) is 20.6 Å². The molecule has 0 saturated heterocycles. The molecule has 0 aliphatic rings. The molecule has 148 valence electrons. The van der Waals surface area contributed by atoms with Crippen LogP contribution < -0.4 is 10.1 Å². The van der Waals surface area contributed by atoms with Crippen LogP contribution in [0.2, 0.25) is 0 Å². The molecule has 0 aromatic heterocycles. The molecule has 6 heteroatoms. The van der Waals surface area contributed by atoms with Gasteiger partial charge in [-0.2, -0.15) is 0 Å². The Balaban J connectivity index is 0.00000364. The van der Waals surface area contributed by atoms with Crippen LogP contribution in [0, 0.1) is 0 Å². The Labute approximate surface area is 180 Å². The van der Waals surface area contributed by atoms with E-state index in [-0.39, 0.29) is 30.0 Å². The molecule has 2 rings (SSSR count). The van der Waals surface area contributed by atoms with Crippen LogP contribution in [0.25, 0.3) is 0 Å². The summed E-state index contributed by atoms with van der Waals surface area (Å²) in [6.07, 6.45) is 0. The monoisotopic (exact) mass is 482 g/mol. The molecule has 0 aliphatic heterocycles. The van der Waals surface area contributed by atoms with Crippen molar-refractivity contribution in [2.45, 2.75) is 12.6 Å². The van der Waals surface area contributed by atoms with E-state index in [1.807, 2.05) is 49.3 Å². The van der Waals surface area contributed by atoms with Gasteiger partial charge in [0.1, 0.15) is 5.75 Å². The first-order valence-corrected chi connectivity index (χ1v) is 8.81. The number of nitrogens with zero attached hydrogens (tertiary/aromatic N) is 3. The van der Waals surface area contributed by atoms with Crippen molar-refractivity contribution < 1.29 is 4.74 Å². The minimum absolute atomic E-state index is 0. The molecular formula is C21H31IN4O. The van der Waals surface area contributed by atoms with Gasteiger partial charge in [-0.1, -0.05) is 42.5 Å². The predicted octanol–water partition coefficient (Wildman–Crippen LogP) is 3.62. The Bertz CT molecular complexity index is 704. The lowest BCUT2D eigenvalue weighted by atomic mass is 10.1. The molecule has 0 heterocycles. The van der Waals surface area contributed by atoms with Gasteiger partial charge < -0.3 is 19.9 Å². The summed E-state index contributed by atoms with van der Waals surface area (Å²) in [6, 6.07) is 18.7. The van der Waals surface area contributed by atoms with Crippen LogP contribution in [0.15, 0.2) is 59.6 Å². The van der Waals surface area contributed by atoms with Gasteiger partial charge in [-0.25, -0.2) is 4.99 Å². The molecule has 5 nitrogen and oxygen atoms in total. The number of rotatable bonds is 7. The zero-order valence-corrected chi connectivity index (χ0v) is 19.2. The van der Waals surface area contributed by atoms with Crippen LogP contribution in [0.3, 0.4) is 0 Å².